The third-order valence-corrected chi connectivity index (χ3v) is 6.00. The number of morpholine rings is 1. The molecule has 2 unspecified atom stereocenters. The lowest BCUT2D eigenvalue weighted by atomic mass is 10.1. The van der Waals surface area contributed by atoms with Crippen molar-refractivity contribution in [1.82, 2.24) is 15.1 Å². The Hall–Kier alpha value is -2.93. The van der Waals surface area contributed by atoms with Gasteiger partial charge in [-0.05, 0) is 42.2 Å². The van der Waals surface area contributed by atoms with Crippen molar-refractivity contribution in [3.05, 3.63) is 71.0 Å². The van der Waals surface area contributed by atoms with Gasteiger partial charge in [-0.2, -0.15) is 0 Å². The van der Waals surface area contributed by atoms with Crippen molar-refractivity contribution in [1.29, 1.82) is 0 Å². The molecule has 2 heterocycles. The monoisotopic (exact) mass is 438 g/mol. The van der Waals surface area contributed by atoms with Gasteiger partial charge in [-0.3, -0.25) is 9.79 Å². The smallest absolute Gasteiger partial charge is 0.222 e. The number of guanidine groups is 1. The lowest BCUT2D eigenvalue weighted by Gasteiger charge is -2.38. The minimum atomic E-state index is -0.247. The minimum Gasteiger partial charge on any atom is -0.367 e. The Labute approximate surface area is 189 Å². The van der Waals surface area contributed by atoms with Crippen LogP contribution in [-0.4, -0.2) is 54.5 Å². The Morgan fingerprint density at radius 3 is 2.69 bits per heavy atom. The van der Waals surface area contributed by atoms with Gasteiger partial charge in [0.05, 0.1) is 12.6 Å². The molecule has 0 aromatic heterocycles. The van der Waals surface area contributed by atoms with Crippen LogP contribution in [0.15, 0.2) is 53.5 Å². The SMILES string of the molecule is CN=C(NCc1cccc(CN2CCCC2=O)c1)N1CC(C)OC(c2ccc(F)cc2)C1. The van der Waals surface area contributed by atoms with E-state index < -0.39 is 0 Å². The molecule has 0 radical (unpaired) electrons. The van der Waals surface area contributed by atoms with Crippen LogP contribution in [0.3, 0.4) is 0 Å². The summed E-state index contributed by atoms with van der Waals surface area (Å²) in [5.41, 5.74) is 3.25. The molecule has 2 saturated heterocycles. The van der Waals surface area contributed by atoms with E-state index in [9.17, 15) is 9.18 Å². The number of likely N-dealkylation sites (tertiary alicyclic amines) is 1. The molecular formula is C25H31FN4O2. The second kappa shape index (κ2) is 10.1. The molecule has 170 valence electrons. The summed E-state index contributed by atoms with van der Waals surface area (Å²) in [7, 11) is 1.78. The van der Waals surface area contributed by atoms with Gasteiger partial charge < -0.3 is 19.9 Å². The van der Waals surface area contributed by atoms with Gasteiger partial charge in [-0.25, -0.2) is 4.39 Å². The van der Waals surface area contributed by atoms with Crippen LogP contribution in [-0.2, 0) is 22.6 Å². The van der Waals surface area contributed by atoms with E-state index in [2.05, 4.69) is 33.4 Å². The zero-order valence-corrected chi connectivity index (χ0v) is 18.8. The molecule has 2 aliphatic rings. The first-order valence-electron chi connectivity index (χ1n) is 11.2. The molecular weight excluding hydrogens is 407 g/mol. The predicted octanol–water partition coefficient (Wildman–Crippen LogP) is 3.49. The molecule has 32 heavy (non-hydrogen) atoms. The van der Waals surface area contributed by atoms with Gasteiger partial charge >= 0.3 is 0 Å². The quantitative estimate of drug-likeness (QED) is 0.574. The molecule has 2 aromatic carbocycles. The fraction of sp³-hybridized carbons (Fsp3) is 0.440. The summed E-state index contributed by atoms with van der Waals surface area (Å²) in [5, 5.41) is 3.47. The van der Waals surface area contributed by atoms with Gasteiger partial charge in [0.1, 0.15) is 11.9 Å². The van der Waals surface area contributed by atoms with Crippen LogP contribution in [0.4, 0.5) is 4.39 Å². The first-order chi connectivity index (χ1) is 15.5. The average Bonchev–Trinajstić information content (AvgIpc) is 3.19. The van der Waals surface area contributed by atoms with E-state index in [1.165, 1.54) is 12.1 Å². The number of nitrogens with zero attached hydrogens (tertiary/aromatic N) is 3. The summed E-state index contributed by atoms with van der Waals surface area (Å²) in [6, 6.07) is 14.8. The molecule has 7 heteroatoms. The highest BCUT2D eigenvalue weighted by atomic mass is 19.1. The van der Waals surface area contributed by atoms with E-state index in [1.807, 2.05) is 17.9 Å². The number of ether oxygens (including phenoxy) is 1. The zero-order chi connectivity index (χ0) is 22.5. The maximum absolute atomic E-state index is 13.3. The minimum absolute atomic E-state index is 0.0266. The number of hydrogen-bond acceptors (Lipinski definition) is 3. The van der Waals surface area contributed by atoms with Crippen molar-refractivity contribution in [2.45, 2.75) is 45.1 Å². The van der Waals surface area contributed by atoms with E-state index in [1.54, 1.807) is 19.2 Å². The normalized spacial score (nSPS) is 21.8. The van der Waals surface area contributed by atoms with E-state index in [4.69, 9.17) is 4.74 Å². The fourth-order valence-electron chi connectivity index (χ4n) is 4.43. The summed E-state index contributed by atoms with van der Waals surface area (Å²) >= 11 is 0. The second-order valence-corrected chi connectivity index (χ2v) is 8.53. The Kier molecular flexibility index (Phi) is 7.05. The van der Waals surface area contributed by atoms with E-state index in [0.717, 1.165) is 42.2 Å². The molecule has 6 nitrogen and oxygen atoms in total. The van der Waals surface area contributed by atoms with Crippen LogP contribution < -0.4 is 5.32 Å². The topological polar surface area (TPSA) is 57.2 Å². The number of carbonyl (C=O) groups excluding carboxylic acids is 1. The average molecular weight is 439 g/mol. The fourth-order valence-corrected chi connectivity index (χ4v) is 4.43. The summed E-state index contributed by atoms with van der Waals surface area (Å²) in [4.78, 5) is 20.5. The van der Waals surface area contributed by atoms with Crippen molar-refractivity contribution in [3.8, 4) is 0 Å². The van der Waals surface area contributed by atoms with E-state index in [0.29, 0.717) is 26.1 Å². The lowest BCUT2D eigenvalue weighted by Crippen LogP contribution is -2.50. The van der Waals surface area contributed by atoms with Crippen LogP contribution in [0.5, 0.6) is 0 Å². The van der Waals surface area contributed by atoms with Gasteiger partial charge in [-0.15, -0.1) is 0 Å². The third-order valence-electron chi connectivity index (χ3n) is 6.00. The second-order valence-electron chi connectivity index (χ2n) is 8.53. The van der Waals surface area contributed by atoms with Crippen LogP contribution in [0.25, 0.3) is 0 Å². The maximum atomic E-state index is 13.3. The summed E-state index contributed by atoms with van der Waals surface area (Å²) in [5.74, 6) is 0.807. The van der Waals surface area contributed by atoms with Gasteiger partial charge in [0.15, 0.2) is 5.96 Å². The standard InChI is InChI=1S/C25H31FN4O2/c1-18-15-30(17-23(32-18)21-8-10-22(26)11-9-21)25(27-2)28-14-19-5-3-6-20(13-19)16-29-12-4-7-24(29)31/h3,5-6,8-11,13,18,23H,4,7,12,14-17H2,1-2H3,(H,27,28). The Morgan fingerprint density at radius 2 is 1.97 bits per heavy atom. The summed E-state index contributed by atoms with van der Waals surface area (Å²) in [6.45, 7) is 5.57. The zero-order valence-electron chi connectivity index (χ0n) is 18.8. The number of halogens is 1. The van der Waals surface area contributed by atoms with Crippen LogP contribution in [0.2, 0.25) is 0 Å². The van der Waals surface area contributed by atoms with Crippen LogP contribution in [0, 0.1) is 5.82 Å². The van der Waals surface area contributed by atoms with Gasteiger partial charge in [-0.1, -0.05) is 36.4 Å². The van der Waals surface area contributed by atoms with Gasteiger partial charge in [0, 0.05) is 39.6 Å². The van der Waals surface area contributed by atoms with Gasteiger partial charge in [0.2, 0.25) is 5.91 Å². The Morgan fingerprint density at radius 1 is 1.19 bits per heavy atom. The van der Waals surface area contributed by atoms with Crippen molar-refractivity contribution >= 4 is 11.9 Å². The molecule has 1 N–H and O–H groups in total. The molecule has 2 atom stereocenters. The molecule has 2 aliphatic heterocycles. The first-order valence-corrected chi connectivity index (χ1v) is 11.2. The Balaban J connectivity index is 1.38. The number of aliphatic imine (C=N–C) groups is 1. The number of carbonyl (C=O) groups is 1. The molecule has 0 saturated carbocycles. The summed E-state index contributed by atoms with van der Waals surface area (Å²) in [6.07, 6.45) is 1.50. The Bertz CT molecular complexity index is 963. The number of hydrogen-bond donors (Lipinski definition) is 1. The first kappa shape index (κ1) is 22.3. The molecule has 0 spiro atoms. The van der Waals surface area contributed by atoms with Crippen molar-refractivity contribution in [2.75, 3.05) is 26.7 Å². The van der Waals surface area contributed by atoms with E-state index >= 15 is 0 Å². The molecule has 1 amide bonds. The van der Waals surface area contributed by atoms with Crippen molar-refractivity contribution in [3.63, 3.8) is 0 Å². The molecule has 0 aliphatic carbocycles. The van der Waals surface area contributed by atoms with Gasteiger partial charge in [0.25, 0.3) is 0 Å². The number of rotatable bonds is 5. The highest BCUT2D eigenvalue weighted by Crippen LogP contribution is 2.25. The third kappa shape index (κ3) is 5.46. The maximum Gasteiger partial charge on any atom is 0.222 e. The summed E-state index contributed by atoms with van der Waals surface area (Å²) < 4.78 is 19.4. The van der Waals surface area contributed by atoms with Crippen LogP contribution >= 0.6 is 0 Å². The van der Waals surface area contributed by atoms with Crippen molar-refractivity contribution in [2.24, 2.45) is 4.99 Å². The highest BCUT2D eigenvalue weighted by Gasteiger charge is 2.28. The largest absolute Gasteiger partial charge is 0.367 e. The number of nitrogens with one attached hydrogen (secondary N) is 1. The van der Waals surface area contributed by atoms with E-state index in [-0.39, 0.29) is 23.9 Å². The number of benzene rings is 2. The molecule has 2 fully saturated rings. The highest BCUT2D eigenvalue weighted by molar-refractivity contribution is 5.80. The van der Waals surface area contributed by atoms with Crippen molar-refractivity contribution < 1.29 is 13.9 Å². The molecule has 2 aromatic rings. The molecule has 4 rings (SSSR count). The lowest BCUT2D eigenvalue weighted by molar-refractivity contribution is -0.128. The molecule has 0 bridgehead atoms. The predicted molar refractivity (Wildman–Crippen MR) is 123 cm³/mol. The van der Waals surface area contributed by atoms with Crippen LogP contribution in [0.1, 0.15) is 42.6 Å². The number of amides is 1.